The molecule has 0 aromatic heterocycles. The van der Waals surface area contributed by atoms with Crippen LogP contribution in [0, 0.1) is 0 Å². The van der Waals surface area contributed by atoms with Crippen molar-refractivity contribution in [2.24, 2.45) is 5.73 Å². The number of nitrogens with zero attached hydrogens (tertiary/aromatic N) is 1. The van der Waals surface area contributed by atoms with E-state index in [1.807, 2.05) is 53.4 Å². The topological polar surface area (TPSA) is 67.6 Å². The van der Waals surface area contributed by atoms with Gasteiger partial charge < -0.3 is 20.7 Å². The highest BCUT2D eigenvalue weighted by Gasteiger charge is 2.24. The molecule has 0 radical (unpaired) electrons. The van der Waals surface area contributed by atoms with Crippen molar-refractivity contribution in [1.82, 2.24) is 10.2 Å². The monoisotopic (exact) mass is 373 g/mol. The summed E-state index contributed by atoms with van der Waals surface area (Å²) in [5.41, 5.74) is 7.74. The van der Waals surface area contributed by atoms with Crippen LogP contribution in [0.4, 0.5) is 4.79 Å². The number of nitrogens with two attached hydrogens (primary N) is 1. The van der Waals surface area contributed by atoms with Crippen LogP contribution < -0.4 is 15.8 Å². The second kappa shape index (κ2) is 8.92. The molecule has 0 unspecified atom stereocenters. The highest BCUT2D eigenvalue weighted by molar-refractivity contribution is 6.32. The molecule has 2 aromatic rings. The molecule has 0 atom stereocenters. The number of ether oxygens (including phenoxy) is 1. The van der Waals surface area contributed by atoms with E-state index in [1.54, 1.807) is 0 Å². The molecule has 1 aliphatic rings. The average molecular weight is 374 g/mol. The second-order valence-electron chi connectivity index (χ2n) is 6.41. The zero-order chi connectivity index (χ0) is 18.4. The van der Waals surface area contributed by atoms with Gasteiger partial charge in [-0.2, -0.15) is 0 Å². The second-order valence-corrected chi connectivity index (χ2v) is 6.82. The van der Waals surface area contributed by atoms with Gasteiger partial charge >= 0.3 is 6.03 Å². The van der Waals surface area contributed by atoms with Crippen molar-refractivity contribution in [2.75, 3.05) is 13.1 Å². The highest BCUT2D eigenvalue weighted by atomic mass is 35.5. The lowest BCUT2D eigenvalue weighted by atomic mass is 10.1. The molecular formula is C20H24ClN3O2. The lowest BCUT2D eigenvalue weighted by Crippen LogP contribution is -2.46. The molecule has 2 amide bonds. The van der Waals surface area contributed by atoms with Gasteiger partial charge in [0, 0.05) is 39.0 Å². The molecule has 0 spiro atoms. The molecule has 0 aliphatic carbocycles. The maximum Gasteiger partial charge on any atom is 0.317 e. The minimum absolute atomic E-state index is 0.0379. The predicted molar refractivity (Wildman–Crippen MR) is 103 cm³/mol. The first-order valence-corrected chi connectivity index (χ1v) is 9.25. The van der Waals surface area contributed by atoms with Gasteiger partial charge in [-0.05, 0) is 23.3 Å². The summed E-state index contributed by atoms with van der Waals surface area (Å²) in [5, 5.41) is 3.59. The first-order valence-electron chi connectivity index (χ1n) is 8.87. The predicted octanol–water partition coefficient (Wildman–Crippen LogP) is 3.55. The van der Waals surface area contributed by atoms with E-state index >= 15 is 0 Å². The molecule has 1 fully saturated rings. The molecule has 3 rings (SSSR count). The summed E-state index contributed by atoms with van der Waals surface area (Å²) in [4.78, 5) is 14.2. The minimum Gasteiger partial charge on any atom is -0.489 e. The molecule has 5 nitrogen and oxygen atoms in total. The maximum absolute atomic E-state index is 12.3. The third-order valence-corrected chi connectivity index (χ3v) is 4.87. The Balaban J connectivity index is 1.43. The van der Waals surface area contributed by atoms with Crippen LogP contribution >= 0.6 is 11.6 Å². The maximum atomic E-state index is 12.3. The molecular weight excluding hydrogens is 350 g/mol. The van der Waals surface area contributed by atoms with Gasteiger partial charge in [-0.3, -0.25) is 0 Å². The van der Waals surface area contributed by atoms with E-state index in [0.29, 0.717) is 37.0 Å². The van der Waals surface area contributed by atoms with Crippen LogP contribution in [0.2, 0.25) is 5.02 Å². The Morgan fingerprint density at radius 2 is 1.77 bits per heavy atom. The fraction of sp³-hybridized carbons (Fsp3) is 0.350. The van der Waals surface area contributed by atoms with E-state index in [-0.39, 0.29) is 12.1 Å². The van der Waals surface area contributed by atoms with Crippen LogP contribution in [0.1, 0.15) is 24.0 Å². The van der Waals surface area contributed by atoms with Crippen LogP contribution in [0.25, 0.3) is 0 Å². The van der Waals surface area contributed by atoms with Crippen molar-refractivity contribution in [3.8, 4) is 5.75 Å². The Morgan fingerprint density at radius 1 is 1.12 bits per heavy atom. The van der Waals surface area contributed by atoms with Crippen molar-refractivity contribution >= 4 is 17.6 Å². The van der Waals surface area contributed by atoms with Gasteiger partial charge in [0.05, 0.1) is 5.02 Å². The van der Waals surface area contributed by atoms with Crippen molar-refractivity contribution in [3.05, 3.63) is 64.7 Å². The molecule has 0 bridgehead atoms. The number of rotatable bonds is 5. The zero-order valence-corrected chi connectivity index (χ0v) is 15.4. The van der Waals surface area contributed by atoms with Crippen LogP contribution in [0.5, 0.6) is 5.75 Å². The van der Waals surface area contributed by atoms with E-state index in [4.69, 9.17) is 22.1 Å². The van der Waals surface area contributed by atoms with Gasteiger partial charge in [-0.15, -0.1) is 0 Å². The van der Waals surface area contributed by atoms with Crippen LogP contribution in [0.3, 0.4) is 0 Å². The lowest BCUT2D eigenvalue weighted by molar-refractivity contribution is 0.111. The Morgan fingerprint density at radius 3 is 2.42 bits per heavy atom. The molecule has 2 aromatic carbocycles. The number of para-hydroxylation sites is 1. The summed E-state index contributed by atoms with van der Waals surface area (Å²) in [7, 11) is 0. The first-order chi connectivity index (χ1) is 12.7. The molecule has 1 saturated heterocycles. The number of halogens is 1. The zero-order valence-electron chi connectivity index (χ0n) is 14.7. The minimum atomic E-state index is -0.0379. The van der Waals surface area contributed by atoms with Crippen molar-refractivity contribution in [1.29, 1.82) is 0 Å². The molecule has 6 heteroatoms. The average Bonchev–Trinajstić information content (AvgIpc) is 2.69. The van der Waals surface area contributed by atoms with E-state index in [2.05, 4.69) is 5.32 Å². The SMILES string of the molecule is NCc1ccc(CNC(=O)N2CCC(Oc3ccccc3Cl)CC2)cc1. The van der Waals surface area contributed by atoms with Gasteiger partial charge in [0.2, 0.25) is 0 Å². The summed E-state index contributed by atoms with van der Waals surface area (Å²) in [6.45, 7) is 2.39. The van der Waals surface area contributed by atoms with E-state index in [0.717, 1.165) is 24.0 Å². The Hall–Kier alpha value is -2.24. The fourth-order valence-electron chi connectivity index (χ4n) is 2.98. The Kier molecular flexibility index (Phi) is 6.36. The fourth-order valence-corrected chi connectivity index (χ4v) is 3.16. The van der Waals surface area contributed by atoms with E-state index in [9.17, 15) is 4.79 Å². The number of hydrogen-bond donors (Lipinski definition) is 2. The van der Waals surface area contributed by atoms with Crippen molar-refractivity contribution in [2.45, 2.75) is 32.0 Å². The largest absolute Gasteiger partial charge is 0.489 e. The molecule has 138 valence electrons. The van der Waals surface area contributed by atoms with Gasteiger partial charge in [0.15, 0.2) is 0 Å². The Labute approximate surface area is 159 Å². The van der Waals surface area contributed by atoms with Gasteiger partial charge in [-0.25, -0.2) is 4.79 Å². The third-order valence-electron chi connectivity index (χ3n) is 4.56. The summed E-state index contributed by atoms with van der Waals surface area (Å²) >= 11 is 6.13. The summed E-state index contributed by atoms with van der Waals surface area (Å²) in [6.07, 6.45) is 1.68. The van der Waals surface area contributed by atoms with Gasteiger partial charge in [-0.1, -0.05) is 48.0 Å². The van der Waals surface area contributed by atoms with Gasteiger partial charge in [0.25, 0.3) is 0 Å². The number of amides is 2. The first kappa shape index (κ1) is 18.5. The summed E-state index contributed by atoms with van der Waals surface area (Å²) in [6, 6.07) is 15.4. The highest BCUT2D eigenvalue weighted by Crippen LogP contribution is 2.26. The molecule has 26 heavy (non-hydrogen) atoms. The molecule has 0 saturated carbocycles. The van der Waals surface area contributed by atoms with Crippen LogP contribution in [-0.4, -0.2) is 30.1 Å². The molecule has 1 aliphatic heterocycles. The lowest BCUT2D eigenvalue weighted by Gasteiger charge is -2.32. The Bertz CT molecular complexity index is 728. The quantitative estimate of drug-likeness (QED) is 0.842. The van der Waals surface area contributed by atoms with E-state index in [1.165, 1.54) is 0 Å². The molecule has 3 N–H and O–H groups in total. The normalized spacial score (nSPS) is 14.9. The molecule has 1 heterocycles. The number of benzene rings is 2. The van der Waals surface area contributed by atoms with Crippen molar-refractivity contribution in [3.63, 3.8) is 0 Å². The number of piperidine rings is 1. The number of likely N-dealkylation sites (tertiary alicyclic amines) is 1. The van der Waals surface area contributed by atoms with Gasteiger partial charge in [0.1, 0.15) is 11.9 Å². The third kappa shape index (κ3) is 4.90. The van der Waals surface area contributed by atoms with E-state index < -0.39 is 0 Å². The standard InChI is InChI=1S/C20H24ClN3O2/c21-18-3-1-2-4-19(18)26-17-9-11-24(12-10-17)20(25)23-14-16-7-5-15(13-22)6-8-16/h1-8,17H,9-14,22H2,(H,23,25). The number of nitrogens with one attached hydrogen (secondary N) is 1. The summed E-state index contributed by atoms with van der Waals surface area (Å²) < 4.78 is 5.96. The van der Waals surface area contributed by atoms with Crippen LogP contribution in [-0.2, 0) is 13.1 Å². The smallest absolute Gasteiger partial charge is 0.317 e. The van der Waals surface area contributed by atoms with Crippen LogP contribution in [0.15, 0.2) is 48.5 Å². The number of carbonyl (C=O) groups is 1. The number of carbonyl (C=O) groups excluding carboxylic acids is 1. The number of urea groups is 1. The summed E-state index contributed by atoms with van der Waals surface area (Å²) in [5.74, 6) is 0.706. The van der Waals surface area contributed by atoms with Crippen molar-refractivity contribution < 1.29 is 9.53 Å². The number of hydrogen-bond acceptors (Lipinski definition) is 3.